The number of hydrogen-bond donors (Lipinski definition) is 1. The zero-order valence-corrected chi connectivity index (χ0v) is 16.8. The molecule has 2 aliphatic rings. The number of nitrogens with zero attached hydrogens (tertiary/aromatic N) is 2. The fourth-order valence-electron chi connectivity index (χ4n) is 4.23. The van der Waals surface area contributed by atoms with Crippen LogP contribution in [0.25, 0.3) is 11.3 Å². The third kappa shape index (κ3) is 3.78. The lowest BCUT2D eigenvalue weighted by atomic mass is 9.97. The lowest BCUT2D eigenvalue weighted by molar-refractivity contribution is 0.0918. The predicted octanol–water partition coefficient (Wildman–Crippen LogP) is 4.33. The summed E-state index contributed by atoms with van der Waals surface area (Å²) in [6.07, 6.45) is 4.84. The number of thioether (sulfide) groups is 1. The van der Waals surface area contributed by atoms with Gasteiger partial charge in [-0.2, -0.15) is 0 Å². The van der Waals surface area contributed by atoms with Crippen molar-refractivity contribution in [3.05, 3.63) is 35.5 Å². The van der Waals surface area contributed by atoms with E-state index in [2.05, 4.69) is 35.3 Å². The van der Waals surface area contributed by atoms with Crippen LogP contribution in [0.4, 0.5) is 0 Å². The van der Waals surface area contributed by atoms with Crippen molar-refractivity contribution >= 4 is 17.7 Å². The van der Waals surface area contributed by atoms with Gasteiger partial charge in [0.1, 0.15) is 0 Å². The van der Waals surface area contributed by atoms with Gasteiger partial charge in [0.2, 0.25) is 0 Å². The minimum Gasteiger partial charge on any atom is -0.355 e. The number of carbonyl (C=O) groups excluding carboxylic acids is 1. The molecule has 27 heavy (non-hydrogen) atoms. The highest BCUT2D eigenvalue weighted by molar-refractivity contribution is 7.98. The Morgan fingerprint density at radius 2 is 2.07 bits per heavy atom. The molecule has 144 valence electrons. The molecular weight excluding hydrogens is 358 g/mol. The summed E-state index contributed by atoms with van der Waals surface area (Å²) < 4.78 is 5.53. The van der Waals surface area contributed by atoms with E-state index in [1.165, 1.54) is 24.2 Å². The van der Waals surface area contributed by atoms with Gasteiger partial charge in [0.15, 0.2) is 11.5 Å². The van der Waals surface area contributed by atoms with Crippen molar-refractivity contribution in [3.63, 3.8) is 0 Å². The van der Waals surface area contributed by atoms with Crippen molar-refractivity contribution in [2.24, 2.45) is 0 Å². The van der Waals surface area contributed by atoms with Crippen molar-refractivity contribution in [1.82, 2.24) is 15.4 Å². The molecule has 6 heteroatoms. The van der Waals surface area contributed by atoms with Crippen LogP contribution in [0.2, 0.25) is 0 Å². The second-order valence-corrected chi connectivity index (χ2v) is 8.62. The number of nitrogens with one attached hydrogen (secondary N) is 1. The summed E-state index contributed by atoms with van der Waals surface area (Å²) in [6, 6.07) is 9.39. The molecule has 2 atom stereocenters. The van der Waals surface area contributed by atoms with Crippen molar-refractivity contribution < 1.29 is 9.32 Å². The third-order valence-electron chi connectivity index (χ3n) is 5.76. The van der Waals surface area contributed by atoms with Crippen LogP contribution in [0.15, 0.2) is 33.7 Å². The number of piperidine rings is 1. The predicted molar refractivity (Wildman–Crippen MR) is 108 cm³/mol. The van der Waals surface area contributed by atoms with E-state index in [1.54, 1.807) is 11.8 Å². The summed E-state index contributed by atoms with van der Waals surface area (Å²) in [4.78, 5) is 16.4. The monoisotopic (exact) mass is 385 g/mol. The first kappa shape index (κ1) is 18.6. The Bertz CT molecular complexity index is 810. The third-order valence-corrected chi connectivity index (χ3v) is 6.86. The SMILES string of the molecule is C[C@@H]1CCC[C@@H](C)N1CCCNC(=O)c1noc2c1CSc1ccccc1-2. The van der Waals surface area contributed by atoms with Crippen LogP contribution in [0.1, 0.15) is 55.6 Å². The van der Waals surface area contributed by atoms with Gasteiger partial charge in [-0.3, -0.25) is 9.69 Å². The molecular formula is C21H27N3O2S. The molecule has 1 amide bonds. The number of amides is 1. The molecule has 0 spiro atoms. The summed E-state index contributed by atoms with van der Waals surface area (Å²) in [5.74, 6) is 1.34. The minimum absolute atomic E-state index is 0.125. The largest absolute Gasteiger partial charge is 0.355 e. The van der Waals surface area contributed by atoms with E-state index in [-0.39, 0.29) is 5.91 Å². The van der Waals surface area contributed by atoms with E-state index in [4.69, 9.17) is 4.52 Å². The average Bonchev–Trinajstić information content (AvgIpc) is 3.11. The molecule has 5 nitrogen and oxygen atoms in total. The maximum absolute atomic E-state index is 12.6. The van der Waals surface area contributed by atoms with E-state index in [9.17, 15) is 4.79 Å². The van der Waals surface area contributed by atoms with Gasteiger partial charge in [0.25, 0.3) is 5.91 Å². The fraction of sp³-hybridized carbons (Fsp3) is 0.524. The van der Waals surface area contributed by atoms with Gasteiger partial charge >= 0.3 is 0 Å². The quantitative estimate of drug-likeness (QED) is 0.777. The number of likely N-dealkylation sites (tertiary alicyclic amines) is 1. The Hall–Kier alpha value is -1.79. The molecule has 1 fully saturated rings. The standard InChI is InChI=1S/C21H27N3O2S/c1-14-7-5-8-15(2)24(14)12-6-11-22-21(25)19-17-13-27-18-10-4-3-9-16(18)20(17)26-23-19/h3-4,9-10,14-15H,5-8,11-13H2,1-2H3,(H,22,25)/t14-,15-/m1/s1. The second kappa shape index (κ2) is 8.07. The summed E-state index contributed by atoms with van der Waals surface area (Å²) in [6.45, 7) is 6.32. The summed E-state index contributed by atoms with van der Waals surface area (Å²) in [5.41, 5.74) is 2.38. The van der Waals surface area contributed by atoms with Crippen molar-refractivity contribution in [1.29, 1.82) is 0 Å². The molecule has 1 aromatic carbocycles. The number of hydrogen-bond acceptors (Lipinski definition) is 5. The van der Waals surface area contributed by atoms with Crippen LogP contribution in [0.5, 0.6) is 0 Å². The van der Waals surface area contributed by atoms with E-state index in [1.807, 2.05) is 18.2 Å². The molecule has 0 radical (unpaired) electrons. The minimum atomic E-state index is -0.125. The highest BCUT2D eigenvalue weighted by Gasteiger charge is 2.28. The van der Waals surface area contributed by atoms with Gasteiger partial charge < -0.3 is 9.84 Å². The number of fused-ring (bicyclic) bond motifs is 3. The van der Waals surface area contributed by atoms with Crippen LogP contribution in [-0.4, -0.2) is 41.1 Å². The van der Waals surface area contributed by atoms with Gasteiger partial charge in [-0.15, -0.1) is 11.8 Å². The highest BCUT2D eigenvalue weighted by atomic mass is 32.2. The zero-order valence-electron chi connectivity index (χ0n) is 16.0. The highest BCUT2D eigenvalue weighted by Crippen LogP contribution is 2.42. The molecule has 2 aromatic rings. The van der Waals surface area contributed by atoms with E-state index >= 15 is 0 Å². The average molecular weight is 386 g/mol. The maximum Gasteiger partial charge on any atom is 0.273 e. The van der Waals surface area contributed by atoms with Gasteiger partial charge in [0, 0.05) is 46.9 Å². The molecule has 0 saturated carbocycles. The molecule has 1 saturated heterocycles. The van der Waals surface area contributed by atoms with Crippen LogP contribution in [0, 0.1) is 0 Å². The Balaban J connectivity index is 1.34. The fourth-order valence-corrected chi connectivity index (χ4v) is 5.28. The Morgan fingerprint density at radius 1 is 1.30 bits per heavy atom. The number of aromatic nitrogens is 1. The molecule has 3 heterocycles. The Morgan fingerprint density at radius 3 is 2.89 bits per heavy atom. The van der Waals surface area contributed by atoms with Crippen molar-refractivity contribution in [2.75, 3.05) is 13.1 Å². The van der Waals surface area contributed by atoms with Crippen molar-refractivity contribution in [2.45, 2.75) is 62.3 Å². The molecule has 0 aliphatic carbocycles. The molecule has 1 N–H and O–H groups in total. The number of benzene rings is 1. The summed E-state index contributed by atoms with van der Waals surface area (Å²) in [5, 5.41) is 7.11. The van der Waals surface area contributed by atoms with Gasteiger partial charge in [0.05, 0.1) is 0 Å². The summed E-state index contributed by atoms with van der Waals surface area (Å²) >= 11 is 1.73. The lowest BCUT2D eigenvalue weighted by Crippen LogP contribution is -2.44. The van der Waals surface area contributed by atoms with Crippen LogP contribution < -0.4 is 5.32 Å². The number of rotatable bonds is 5. The lowest BCUT2D eigenvalue weighted by Gasteiger charge is -2.39. The number of carbonyl (C=O) groups is 1. The van der Waals surface area contributed by atoms with Crippen LogP contribution in [0.3, 0.4) is 0 Å². The molecule has 2 aliphatic heterocycles. The first-order chi connectivity index (χ1) is 13.1. The summed E-state index contributed by atoms with van der Waals surface area (Å²) in [7, 11) is 0. The maximum atomic E-state index is 12.6. The van der Waals surface area contributed by atoms with Crippen LogP contribution in [-0.2, 0) is 5.75 Å². The van der Waals surface area contributed by atoms with E-state index in [0.717, 1.165) is 35.6 Å². The Kier molecular flexibility index (Phi) is 5.55. The van der Waals surface area contributed by atoms with E-state index in [0.29, 0.717) is 24.3 Å². The van der Waals surface area contributed by atoms with Gasteiger partial charge in [-0.25, -0.2) is 0 Å². The molecule has 0 bridgehead atoms. The van der Waals surface area contributed by atoms with Gasteiger partial charge in [-0.05, 0) is 45.2 Å². The normalized spacial score (nSPS) is 22.1. The smallest absolute Gasteiger partial charge is 0.273 e. The van der Waals surface area contributed by atoms with Crippen molar-refractivity contribution in [3.8, 4) is 11.3 Å². The van der Waals surface area contributed by atoms with Gasteiger partial charge in [-0.1, -0.05) is 23.7 Å². The zero-order chi connectivity index (χ0) is 18.8. The van der Waals surface area contributed by atoms with Crippen LogP contribution >= 0.6 is 11.8 Å². The molecule has 1 aromatic heterocycles. The second-order valence-electron chi connectivity index (χ2n) is 7.60. The first-order valence-corrected chi connectivity index (χ1v) is 10.9. The molecule has 4 rings (SSSR count). The Labute approximate surface area is 164 Å². The first-order valence-electron chi connectivity index (χ1n) is 9.90. The topological polar surface area (TPSA) is 58.4 Å². The van der Waals surface area contributed by atoms with E-state index < -0.39 is 0 Å². The molecule has 0 unspecified atom stereocenters.